The molecule has 0 radical (unpaired) electrons. The maximum Gasteiger partial charge on any atom is 0.0439 e. The van der Waals surface area contributed by atoms with Crippen LogP contribution in [0.15, 0.2) is 18.2 Å². The normalized spacial score (nSPS) is 19.1. The van der Waals surface area contributed by atoms with Gasteiger partial charge in [-0.3, -0.25) is 11.3 Å². The van der Waals surface area contributed by atoms with Gasteiger partial charge in [-0.15, -0.1) is 0 Å². The van der Waals surface area contributed by atoms with Crippen molar-refractivity contribution in [3.8, 4) is 0 Å². The lowest BCUT2D eigenvalue weighted by atomic mass is 9.88. The molecule has 106 valence electrons. The van der Waals surface area contributed by atoms with E-state index in [1.807, 2.05) is 18.2 Å². The van der Waals surface area contributed by atoms with Crippen LogP contribution >= 0.6 is 23.2 Å². The molecular weight excluding hydrogens is 279 g/mol. The third-order valence-electron chi connectivity index (χ3n) is 4.13. The van der Waals surface area contributed by atoms with Gasteiger partial charge in [0, 0.05) is 16.1 Å². The number of benzene rings is 1. The number of halogens is 2. The molecule has 2 nitrogen and oxygen atoms in total. The van der Waals surface area contributed by atoms with Crippen LogP contribution in [-0.4, -0.2) is 6.04 Å². The lowest BCUT2D eigenvalue weighted by Gasteiger charge is -2.26. The second-order valence-electron chi connectivity index (χ2n) is 5.46. The molecule has 19 heavy (non-hydrogen) atoms. The van der Waals surface area contributed by atoms with E-state index in [1.165, 1.54) is 38.5 Å². The third-order valence-corrected chi connectivity index (χ3v) is 4.73. The summed E-state index contributed by atoms with van der Waals surface area (Å²) < 4.78 is 0. The van der Waals surface area contributed by atoms with Crippen LogP contribution in [0.4, 0.5) is 0 Å². The molecule has 0 aliphatic heterocycles. The summed E-state index contributed by atoms with van der Waals surface area (Å²) in [5, 5.41) is 1.51. The molecule has 1 aliphatic carbocycles. The highest BCUT2D eigenvalue weighted by Gasteiger charge is 2.22. The summed E-state index contributed by atoms with van der Waals surface area (Å²) in [6.07, 6.45) is 8.69. The van der Waals surface area contributed by atoms with Gasteiger partial charge in [-0.25, -0.2) is 0 Å². The minimum Gasteiger partial charge on any atom is -0.271 e. The first-order valence-electron chi connectivity index (χ1n) is 7.10. The number of nitrogens with one attached hydrogen (secondary N) is 1. The third kappa shape index (κ3) is 4.35. The molecule has 0 heterocycles. The number of nitrogens with two attached hydrogens (primary N) is 1. The van der Waals surface area contributed by atoms with Gasteiger partial charge in [0.1, 0.15) is 0 Å². The smallest absolute Gasteiger partial charge is 0.0439 e. The molecule has 0 bridgehead atoms. The van der Waals surface area contributed by atoms with Crippen LogP contribution < -0.4 is 11.3 Å². The van der Waals surface area contributed by atoms with Crippen LogP contribution in [0.3, 0.4) is 0 Å². The molecule has 0 aromatic heterocycles. The first kappa shape index (κ1) is 15.1. The van der Waals surface area contributed by atoms with Crippen LogP contribution in [0, 0.1) is 5.92 Å². The lowest BCUT2D eigenvalue weighted by molar-refractivity contribution is 0.320. The van der Waals surface area contributed by atoms with Crippen molar-refractivity contribution in [2.45, 2.75) is 51.0 Å². The van der Waals surface area contributed by atoms with Crippen molar-refractivity contribution in [3.05, 3.63) is 33.8 Å². The van der Waals surface area contributed by atoms with E-state index < -0.39 is 0 Å². The Morgan fingerprint density at radius 3 is 2.47 bits per heavy atom. The average Bonchev–Trinajstić information content (AvgIpc) is 2.68. The molecule has 1 aromatic rings. The van der Waals surface area contributed by atoms with Gasteiger partial charge < -0.3 is 0 Å². The van der Waals surface area contributed by atoms with Crippen molar-refractivity contribution >= 4 is 23.2 Å². The van der Waals surface area contributed by atoms with Gasteiger partial charge in [0.05, 0.1) is 0 Å². The van der Waals surface area contributed by atoms with E-state index in [2.05, 4.69) is 5.43 Å². The molecule has 0 saturated heterocycles. The number of rotatable bonds is 4. The van der Waals surface area contributed by atoms with Crippen LogP contribution in [-0.2, 0) is 6.42 Å². The van der Waals surface area contributed by atoms with E-state index in [9.17, 15) is 0 Å². The fourth-order valence-corrected chi connectivity index (χ4v) is 3.40. The molecule has 1 aliphatic rings. The van der Waals surface area contributed by atoms with Gasteiger partial charge in [0.2, 0.25) is 0 Å². The highest BCUT2D eigenvalue weighted by molar-refractivity contribution is 6.33. The van der Waals surface area contributed by atoms with E-state index in [1.54, 1.807) is 0 Å². The summed E-state index contributed by atoms with van der Waals surface area (Å²) in [4.78, 5) is 0. The van der Waals surface area contributed by atoms with Crippen molar-refractivity contribution in [2.75, 3.05) is 0 Å². The Hall–Kier alpha value is -0.280. The quantitative estimate of drug-likeness (QED) is 0.493. The molecule has 0 spiro atoms. The van der Waals surface area contributed by atoms with Crippen molar-refractivity contribution in [3.63, 3.8) is 0 Å². The van der Waals surface area contributed by atoms with Crippen molar-refractivity contribution in [1.29, 1.82) is 0 Å². The van der Waals surface area contributed by atoms with Gasteiger partial charge in [0.15, 0.2) is 0 Å². The van der Waals surface area contributed by atoms with Gasteiger partial charge in [-0.1, -0.05) is 48.9 Å². The van der Waals surface area contributed by atoms with Crippen molar-refractivity contribution in [1.82, 2.24) is 5.43 Å². The number of hydrogen-bond acceptors (Lipinski definition) is 2. The number of hydrogen-bond donors (Lipinski definition) is 2. The van der Waals surface area contributed by atoms with Crippen LogP contribution in [0.2, 0.25) is 10.0 Å². The molecule has 2 rings (SSSR count). The van der Waals surface area contributed by atoms with Crippen LogP contribution in [0.5, 0.6) is 0 Å². The summed E-state index contributed by atoms with van der Waals surface area (Å²) >= 11 is 12.3. The van der Waals surface area contributed by atoms with E-state index in [4.69, 9.17) is 29.0 Å². The van der Waals surface area contributed by atoms with Crippen LogP contribution in [0.1, 0.15) is 44.1 Å². The maximum absolute atomic E-state index is 6.24. The van der Waals surface area contributed by atoms with Crippen LogP contribution in [0.25, 0.3) is 0 Å². The molecule has 1 aromatic carbocycles. The fourth-order valence-electron chi connectivity index (χ4n) is 3.01. The van der Waals surface area contributed by atoms with Crippen molar-refractivity contribution in [2.24, 2.45) is 11.8 Å². The molecule has 1 atom stereocenters. The van der Waals surface area contributed by atoms with E-state index in [0.717, 1.165) is 22.0 Å². The maximum atomic E-state index is 6.24. The molecule has 0 amide bonds. The second kappa shape index (κ2) is 7.49. The topological polar surface area (TPSA) is 38.0 Å². The van der Waals surface area contributed by atoms with Crippen molar-refractivity contribution < 1.29 is 0 Å². The average molecular weight is 301 g/mol. The SMILES string of the molecule is NNC(Cc1cc(Cl)ccc1Cl)C1CCCCCC1. The second-order valence-corrected chi connectivity index (χ2v) is 6.31. The van der Waals surface area contributed by atoms with E-state index in [0.29, 0.717) is 5.92 Å². The molecule has 1 fully saturated rings. The van der Waals surface area contributed by atoms with Gasteiger partial charge in [-0.2, -0.15) is 0 Å². The summed E-state index contributed by atoms with van der Waals surface area (Å²) in [6.45, 7) is 0. The van der Waals surface area contributed by atoms with Gasteiger partial charge >= 0.3 is 0 Å². The summed E-state index contributed by atoms with van der Waals surface area (Å²) in [5.74, 6) is 6.41. The predicted molar refractivity (Wildman–Crippen MR) is 82.5 cm³/mol. The molecule has 3 N–H and O–H groups in total. The zero-order chi connectivity index (χ0) is 13.7. The largest absolute Gasteiger partial charge is 0.271 e. The predicted octanol–water partition coefficient (Wildman–Crippen LogP) is 4.34. The Labute approximate surface area is 125 Å². The standard InChI is InChI=1S/C15H22Cl2N2/c16-13-7-8-14(17)12(9-13)10-15(19-18)11-5-3-1-2-4-6-11/h7-9,11,15,19H,1-6,10,18H2. The summed E-state index contributed by atoms with van der Waals surface area (Å²) in [6, 6.07) is 5.92. The molecule has 4 heteroatoms. The van der Waals surface area contributed by atoms with Gasteiger partial charge in [0.25, 0.3) is 0 Å². The Balaban J connectivity index is 2.07. The zero-order valence-electron chi connectivity index (χ0n) is 11.2. The monoisotopic (exact) mass is 300 g/mol. The Morgan fingerprint density at radius 2 is 1.84 bits per heavy atom. The highest BCUT2D eigenvalue weighted by atomic mass is 35.5. The first-order chi connectivity index (χ1) is 9.20. The van der Waals surface area contributed by atoms with E-state index >= 15 is 0 Å². The minimum atomic E-state index is 0.286. The van der Waals surface area contributed by atoms with Gasteiger partial charge in [-0.05, 0) is 48.9 Å². The molecule has 1 saturated carbocycles. The summed E-state index contributed by atoms with van der Waals surface area (Å²) in [7, 11) is 0. The highest BCUT2D eigenvalue weighted by Crippen LogP contribution is 2.29. The number of hydrazine groups is 1. The Bertz CT molecular complexity index is 401. The zero-order valence-corrected chi connectivity index (χ0v) is 12.7. The Morgan fingerprint density at radius 1 is 1.16 bits per heavy atom. The van der Waals surface area contributed by atoms with E-state index in [-0.39, 0.29) is 6.04 Å². The minimum absolute atomic E-state index is 0.286. The fraction of sp³-hybridized carbons (Fsp3) is 0.600. The summed E-state index contributed by atoms with van der Waals surface area (Å²) in [5.41, 5.74) is 4.08. The first-order valence-corrected chi connectivity index (χ1v) is 7.86. The molecule has 1 unspecified atom stereocenters. The Kier molecular flexibility index (Phi) is 5.96. The molecular formula is C15H22Cl2N2. The lowest BCUT2D eigenvalue weighted by Crippen LogP contribution is -2.42.